The molecule has 0 radical (unpaired) electrons. The SMILES string of the molecule is CCC(C)(Pc1c(C)cccc1CN(C(C)C)C(C)C)c1cc(C)ccc1OCOC. The summed E-state index contributed by atoms with van der Waals surface area (Å²) in [6.07, 6.45) is 1.05. The molecule has 2 aromatic carbocycles. The Bertz CT molecular complexity index is 841. The summed E-state index contributed by atoms with van der Waals surface area (Å²) in [7, 11) is 2.33. The highest BCUT2D eigenvalue weighted by Crippen LogP contribution is 2.48. The van der Waals surface area contributed by atoms with Crippen LogP contribution in [0.5, 0.6) is 5.75 Å². The van der Waals surface area contributed by atoms with Crippen molar-refractivity contribution in [2.24, 2.45) is 0 Å². The first-order valence-corrected chi connectivity index (χ1v) is 12.5. The first-order chi connectivity index (χ1) is 14.6. The molecule has 0 spiro atoms. The van der Waals surface area contributed by atoms with E-state index in [2.05, 4.69) is 96.7 Å². The lowest BCUT2D eigenvalue weighted by atomic mass is 9.95. The van der Waals surface area contributed by atoms with Crippen LogP contribution in [0.3, 0.4) is 0 Å². The highest BCUT2D eigenvalue weighted by atomic mass is 31.1. The number of hydrogen-bond donors (Lipinski definition) is 0. The van der Waals surface area contributed by atoms with E-state index in [0.29, 0.717) is 20.7 Å². The smallest absolute Gasteiger partial charge is 0.188 e. The van der Waals surface area contributed by atoms with Crippen LogP contribution in [-0.4, -0.2) is 30.9 Å². The minimum absolute atomic E-state index is 0.00352. The van der Waals surface area contributed by atoms with Crippen molar-refractivity contribution in [1.82, 2.24) is 4.90 Å². The van der Waals surface area contributed by atoms with E-state index in [1.54, 1.807) is 7.11 Å². The van der Waals surface area contributed by atoms with Crippen LogP contribution in [0.1, 0.15) is 70.2 Å². The van der Waals surface area contributed by atoms with Crippen molar-refractivity contribution in [3.05, 3.63) is 58.7 Å². The number of aryl methyl sites for hydroxylation is 2. The van der Waals surface area contributed by atoms with E-state index in [4.69, 9.17) is 9.47 Å². The largest absolute Gasteiger partial charge is 0.467 e. The van der Waals surface area contributed by atoms with Gasteiger partial charge in [0, 0.05) is 36.5 Å². The van der Waals surface area contributed by atoms with Gasteiger partial charge in [-0.2, -0.15) is 0 Å². The molecule has 0 heterocycles. The quantitative estimate of drug-likeness (QED) is 0.291. The van der Waals surface area contributed by atoms with Gasteiger partial charge < -0.3 is 9.47 Å². The number of ether oxygens (including phenoxy) is 2. The molecule has 2 aromatic rings. The van der Waals surface area contributed by atoms with E-state index in [-0.39, 0.29) is 11.9 Å². The molecule has 0 bridgehead atoms. The average molecular weight is 444 g/mol. The van der Waals surface area contributed by atoms with Gasteiger partial charge in [0.1, 0.15) is 5.75 Å². The van der Waals surface area contributed by atoms with Crippen molar-refractivity contribution in [2.75, 3.05) is 13.9 Å². The molecule has 0 aromatic heterocycles. The van der Waals surface area contributed by atoms with Crippen molar-refractivity contribution in [1.29, 1.82) is 0 Å². The fraction of sp³-hybridized carbons (Fsp3) is 0.556. The molecule has 0 aliphatic heterocycles. The van der Waals surface area contributed by atoms with Crippen molar-refractivity contribution in [3.63, 3.8) is 0 Å². The molecule has 31 heavy (non-hydrogen) atoms. The topological polar surface area (TPSA) is 21.7 Å². The van der Waals surface area contributed by atoms with Crippen LogP contribution >= 0.6 is 8.58 Å². The van der Waals surface area contributed by atoms with Gasteiger partial charge >= 0.3 is 0 Å². The average Bonchev–Trinajstić information content (AvgIpc) is 2.72. The monoisotopic (exact) mass is 443 g/mol. The van der Waals surface area contributed by atoms with E-state index < -0.39 is 0 Å². The predicted octanol–water partition coefficient (Wildman–Crippen LogP) is 6.53. The Balaban J connectivity index is 2.50. The minimum Gasteiger partial charge on any atom is -0.467 e. The number of methoxy groups -OCH3 is 1. The maximum Gasteiger partial charge on any atom is 0.188 e. The third-order valence-electron chi connectivity index (χ3n) is 6.21. The highest BCUT2D eigenvalue weighted by molar-refractivity contribution is 7.48. The Hall–Kier alpha value is -1.41. The lowest BCUT2D eigenvalue weighted by molar-refractivity contribution is 0.0500. The van der Waals surface area contributed by atoms with Gasteiger partial charge in [-0.25, -0.2) is 0 Å². The van der Waals surface area contributed by atoms with Crippen LogP contribution in [0.25, 0.3) is 0 Å². The molecule has 0 N–H and O–H groups in total. The Kier molecular flexibility index (Phi) is 9.55. The van der Waals surface area contributed by atoms with Gasteiger partial charge in [0.2, 0.25) is 0 Å². The van der Waals surface area contributed by atoms with E-state index >= 15 is 0 Å². The van der Waals surface area contributed by atoms with Gasteiger partial charge in [0.25, 0.3) is 0 Å². The molecule has 0 fully saturated rings. The summed E-state index contributed by atoms with van der Waals surface area (Å²) in [6.45, 7) is 19.5. The molecule has 172 valence electrons. The molecule has 4 heteroatoms. The standard InChI is InChI=1S/C27H42NO2P/c1-10-27(8,24-16-21(6)14-15-25(24)30-18-29-9)31-26-22(7)12-11-13-23(26)17-28(19(2)3)20(4)5/h11-16,19-20,31H,10,17-18H2,1-9H3. The van der Waals surface area contributed by atoms with E-state index in [1.807, 2.05) is 0 Å². The molecular formula is C27H42NO2P. The van der Waals surface area contributed by atoms with Gasteiger partial charge in [-0.15, -0.1) is 0 Å². The Labute approximate surface area is 192 Å². The number of hydrogen-bond acceptors (Lipinski definition) is 3. The first-order valence-electron chi connectivity index (χ1n) is 11.5. The third kappa shape index (κ3) is 6.54. The number of benzene rings is 2. The number of rotatable bonds is 11. The third-order valence-corrected chi connectivity index (χ3v) is 8.35. The second-order valence-corrected chi connectivity index (χ2v) is 11.2. The molecular weight excluding hydrogens is 401 g/mol. The van der Waals surface area contributed by atoms with Crippen LogP contribution in [0.4, 0.5) is 0 Å². The normalized spacial score (nSPS) is 14.2. The molecule has 0 saturated heterocycles. The maximum atomic E-state index is 5.99. The Morgan fingerprint density at radius 2 is 1.71 bits per heavy atom. The lowest BCUT2D eigenvalue weighted by Crippen LogP contribution is -2.37. The number of nitrogens with zero attached hydrogens (tertiary/aromatic N) is 1. The zero-order valence-corrected chi connectivity index (χ0v) is 22.0. The molecule has 0 saturated carbocycles. The van der Waals surface area contributed by atoms with Gasteiger partial charge in [-0.3, -0.25) is 4.90 Å². The van der Waals surface area contributed by atoms with Crippen LogP contribution in [0, 0.1) is 13.8 Å². The van der Waals surface area contributed by atoms with E-state index in [0.717, 1.165) is 18.7 Å². The van der Waals surface area contributed by atoms with Crippen molar-refractivity contribution >= 4 is 13.9 Å². The lowest BCUT2D eigenvalue weighted by Gasteiger charge is -2.35. The fourth-order valence-electron chi connectivity index (χ4n) is 4.14. The summed E-state index contributed by atoms with van der Waals surface area (Å²) in [6, 6.07) is 14.3. The summed E-state index contributed by atoms with van der Waals surface area (Å²) < 4.78 is 11.2. The van der Waals surface area contributed by atoms with Crippen molar-refractivity contribution in [2.45, 2.75) is 85.6 Å². The van der Waals surface area contributed by atoms with Gasteiger partial charge in [-0.1, -0.05) is 58.3 Å². The Morgan fingerprint density at radius 3 is 2.29 bits per heavy atom. The summed E-state index contributed by atoms with van der Waals surface area (Å²) in [5, 5.41) is 1.49. The van der Waals surface area contributed by atoms with Crippen LogP contribution in [-0.2, 0) is 16.4 Å². The molecule has 0 aliphatic rings. The first kappa shape index (κ1) is 25.8. The zero-order chi connectivity index (χ0) is 23.2. The zero-order valence-electron chi connectivity index (χ0n) is 21.0. The highest BCUT2D eigenvalue weighted by Gasteiger charge is 2.30. The summed E-state index contributed by atoms with van der Waals surface area (Å²) in [4.78, 5) is 2.58. The minimum atomic E-state index is -0.00352. The summed E-state index contributed by atoms with van der Waals surface area (Å²) >= 11 is 0. The molecule has 0 amide bonds. The second kappa shape index (κ2) is 11.5. The van der Waals surface area contributed by atoms with Crippen LogP contribution < -0.4 is 10.0 Å². The van der Waals surface area contributed by atoms with E-state index in [9.17, 15) is 0 Å². The van der Waals surface area contributed by atoms with Gasteiger partial charge in [-0.05, 0) is 70.5 Å². The van der Waals surface area contributed by atoms with E-state index in [1.165, 1.54) is 27.6 Å². The molecule has 0 aliphatic carbocycles. The fourth-order valence-corrected chi connectivity index (χ4v) is 5.80. The summed E-state index contributed by atoms with van der Waals surface area (Å²) in [5.74, 6) is 0.936. The molecule has 3 nitrogen and oxygen atoms in total. The molecule has 2 atom stereocenters. The van der Waals surface area contributed by atoms with Crippen molar-refractivity contribution in [3.8, 4) is 5.75 Å². The van der Waals surface area contributed by atoms with Gasteiger partial charge in [0.05, 0.1) is 0 Å². The second-order valence-electron chi connectivity index (χ2n) is 9.33. The predicted molar refractivity (Wildman–Crippen MR) is 136 cm³/mol. The Morgan fingerprint density at radius 1 is 1.03 bits per heavy atom. The van der Waals surface area contributed by atoms with Crippen LogP contribution in [0.2, 0.25) is 0 Å². The van der Waals surface area contributed by atoms with Gasteiger partial charge in [0.15, 0.2) is 6.79 Å². The summed E-state index contributed by atoms with van der Waals surface area (Å²) in [5.41, 5.74) is 5.38. The molecule has 2 unspecified atom stereocenters. The van der Waals surface area contributed by atoms with Crippen LogP contribution in [0.15, 0.2) is 36.4 Å². The maximum absolute atomic E-state index is 5.99. The molecule has 2 rings (SSSR count). The van der Waals surface area contributed by atoms with Crippen molar-refractivity contribution < 1.29 is 9.47 Å².